The fourth-order valence-electron chi connectivity index (χ4n) is 2.69. The molecule has 3 aromatic rings. The zero-order valence-corrected chi connectivity index (χ0v) is 16.0. The molecule has 25 heavy (non-hydrogen) atoms. The average Bonchev–Trinajstić information content (AvgIpc) is 2.92. The van der Waals surface area contributed by atoms with Gasteiger partial charge in [-0.2, -0.15) is 0 Å². The minimum Gasteiger partial charge on any atom is -0.368 e. The summed E-state index contributed by atoms with van der Waals surface area (Å²) in [5.41, 5.74) is 1.97. The third-order valence-corrected chi connectivity index (χ3v) is 6.54. The number of sulfonamides is 1. The molecule has 0 aliphatic rings. The van der Waals surface area contributed by atoms with Gasteiger partial charge < -0.3 is 5.32 Å². The normalized spacial score (nSPS) is 11.8. The summed E-state index contributed by atoms with van der Waals surface area (Å²) in [5.74, 6) is 0.704. The molecule has 0 saturated heterocycles. The summed E-state index contributed by atoms with van der Waals surface area (Å²) < 4.78 is 27.4. The van der Waals surface area contributed by atoms with Crippen molar-refractivity contribution in [1.29, 1.82) is 0 Å². The van der Waals surface area contributed by atoms with Gasteiger partial charge in [-0.15, -0.1) is 11.3 Å². The van der Waals surface area contributed by atoms with E-state index in [9.17, 15) is 8.42 Å². The maximum Gasteiger partial charge on any atom is 0.241 e. The van der Waals surface area contributed by atoms with Gasteiger partial charge in [0, 0.05) is 28.2 Å². The van der Waals surface area contributed by atoms with Crippen LogP contribution < -0.4 is 10.0 Å². The van der Waals surface area contributed by atoms with Crippen LogP contribution in [0.25, 0.3) is 10.9 Å². The summed E-state index contributed by atoms with van der Waals surface area (Å²) in [5, 5.41) is 4.11. The number of hydrogen-bond donors (Lipinski definition) is 2. The number of aromatic nitrogens is 2. The number of benzene rings is 1. The lowest BCUT2D eigenvalue weighted by atomic mass is 10.1. The van der Waals surface area contributed by atoms with E-state index in [1.807, 2.05) is 39.0 Å². The molecule has 0 bridgehead atoms. The van der Waals surface area contributed by atoms with Gasteiger partial charge >= 0.3 is 0 Å². The van der Waals surface area contributed by atoms with Crippen LogP contribution in [0.4, 0.5) is 5.82 Å². The molecule has 0 atom stereocenters. The Hall–Kier alpha value is -2.03. The molecular weight excluding hydrogens is 356 g/mol. The number of fused-ring (bicyclic) bond motifs is 1. The number of nitrogens with one attached hydrogen (secondary N) is 2. The Bertz CT molecular complexity index is 1010. The van der Waals surface area contributed by atoms with Crippen molar-refractivity contribution in [2.45, 2.75) is 25.7 Å². The molecule has 8 heteroatoms. The molecule has 0 amide bonds. The number of thiophene rings is 1. The Morgan fingerprint density at radius 3 is 2.64 bits per heavy atom. The first kappa shape index (κ1) is 17.8. The van der Waals surface area contributed by atoms with Gasteiger partial charge in [-0.1, -0.05) is 12.1 Å². The standard InChI is InChI=1S/C17H20N4O2S2/c1-11-5-4-6-14-16(11)19-10-20-17(14)18-7-8-21-25(22,23)15-9-12(2)24-13(15)3/h4-6,9-10,21H,7-8H2,1-3H3,(H,18,19,20). The first-order chi connectivity index (χ1) is 11.9. The Morgan fingerprint density at radius 2 is 1.92 bits per heavy atom. The number of anilines is 1. The van der Waals surface area contributed by atoms with Crippen molar-refractivity contribution in [3.8, 4) is 0 Å². The summed E-state index contributed by atoms with van der Waals surface area (Å²) in [6.07, 6.45) is 1.51. The second-order valence-electron chi connectivity index (χ2n) is 5.80. The lowest BCUT2D eigenvalue weighted by Crippen LogP contribution is -2.29. The van der Waals surface area contributed by atoms with E-state index in [1.165, 1.54) is 17.7 Å². The number of nitrogens with zero attached hydrogens (tertiary/aromatic N) is 2. The fourth-order valence-corrected chi connectivity index (χ4v) is 5.28. The van der Waals surface area contributed by atoms with Crippen molar-refractivity contribution < 1.29 is 8.42 Å². The molecule has 132 valence electrons. The molecule has 2 heterocycles. The van der Waals surface area contributed by atoms with E-state index in [-0.39, 0.29) is 6.54 Å². The highest BCUT2D eigenvalue weighted by Gasteiger charge is 2.18. The van der Waals surface area contributed by atoms with Crippen LogP contribution >= 0.6 is 11.3 Å². The highest BCUT2D eigenvalue weighted by Crippen LogP contribution is 2.24. The van der Waals surface area contributed by atoms with Crippen molar-refractivity contribution in [3.63, 3.8) is 0 Å². The molecule has 2 aromatic heterocycles. The van der Waals surface area contributed by atoms with Crippen LogP contribution in [0.2, 0.25) is 0 Å². The summed E-state index contributed by atoms with van der Waals surface area (Å²) in [6.45, 7) is 6.42. The Morgan fingerprint density at radius 1 is 1.12 bits per heavy atom. The number of rotatable bonds is 6. The second kappa shape index (κ2) is 7.07. The highest BCUT2D eigenvalue weighted by molar-refractivity contribution is 7.89. The molecule has 0 spiro atoms. The van der Waals surface area contributed by atoms with Crippen molar-refractivity contribution >= 4 is 38.1 Å². The van der Waals surface area contributed by atoms with Crippen LogP contribution in [0.5, 0.6) is 0 Å². The molecular formula is C17H20N4O2S2. The molecule has 3 rings (SSSR count). The Balaban J connectivity index is 1.66. The summed E-state index contributed by atoms with van der Waals surface area (Å²) in [7, 11) is -3.49. The maximum absolute atomic E-state index is 12.4. The van der Waals surface area contributed by atoms with Crippen LogP contribution in [-0.2, 0) is 10.0 Å². The van der Waals surface area contributed by atoms with Gasteiger partial charge in [-0.3, -0.25) is 0 Å². The van der Waals surface area contributed by atoms with Crippen LogP contribution in [0.15, 0.2) is 35.5 Å². The molecule has 0 aliphatic heterocycles. The predicted octanol–water partition coefficient (Wildman–Crippen LogP) is 3.01. The highest BCUT2D eigenvalue weighted by atomic mass is 32.2. The van der Waals surface area contributed by atoms with Crippen LogP contribution in [-0.4, -0.2) is 31.5 Å². The third kappa shape index (κ3) is 3.81. The SMILES string of the molecule is Cc1cc(S(=O)(=O)NCCNc2ncnc3c(C)cccc23)c(C)s1. The lowest BCUT2D eigenvalue weighted by Gasteiger charge is -2.10. The first-order valence-electron chi connectivity index (χ1n) is 7.89. The van der Waals surface area contributed by atoms with Gasteiger partial charge in [0.05, 0.1) is 10.4 Å². The zero-order valence-electron chi connectivity index (χ0n) is 14.3. The largest absolute Gasteiger partial charge is 0.368 e. The Kier molecular flexibility index (Phi) is 5.03. The minimum atomic E-state index is -3.49. The van der Waals surface area contributed by atoms with Crippen molar-refractivity contribution in [1.82, 2.24) is 14.7 Å². The maximum atomic E-state index is 12.4. The van der Waals surface area contributed by atoms with Gasteiger partial charge in [-0.25, -0.2) is 23.1 Å². The quantitative estimate of drug-likeness (QED) is 0.646. The van der Waals surface area contributed by atoms with E-state index in [2.05, 4.69) is 20.0 Å². The lowest BCUT2D eigenvalue weighted by molar-refractivity contribution is 0.582. The topological polar surface area (TPSA) is 84.0 Å². The fraction of sp³-hybridized carbons (Fsp3) is 0.294. The monoisotopic (exact) mass is 376 g/mol. The molecule has 1 aromatic carbocycles. The van der Waals surface area contributed by atoms with Gasteiger partial charge in [0.25, 0.3) is 0 Å². The number of para-hydroxylation sites is 1. The van der Waals surface area contributed by atoms with E-state index in [0.29, 0.717) is 17.3 Å². The molecule has 6 nitrogen and oxygen atoms in total. The van der Waals surface area contributed by atoms with Gasteiger partial charge in [0.15, 0.2) is 0 Å². The molecule has 2 N–H and O–H groups in total. The van der Waals surface area contributed by atoms with E-state index in [1.54, 1.807) is 6.07 Å². The number of aryl methyl sites for hydroxylation is 3. The third-order valence-electron chi connectivity index (χ3n) is 3.86. The van der Waals surface area contributed by atoms with E-state index < -0.39 is 10.0 Å². The first-order valence-corrected chi connectivity index (χ1v) is 10.2. The smallest absolute Gasteiger partial charge is 0.241 e. The number of hydrogen-bond acceptors (Lipinski definition) is 6. The van der Waals surface area contributed by atoms with Crippen LogP contribution in [0.3, 0.4) is 0 Å². The Labute approximate surface area is 151 Å². The summed E-state index contributed by atoms with van der Waals surface area (Å²) >= 11 is 1.48. The molecule has 0 aliphatic carbocycles. The van der Waals surface area contributed by atoms with Gasteiger partial charge in [0.2, 0.25) is 10.0 Å². The van der Waals surface area contributed by atoms with Gasteiger partial charge in [-0.05, 0) is 38.5 Å². The van der Waals surface area contributed by atoms with Crippen molar-refractivity contribution in [2.75, 3.05) is 18.4 Å². The van der Waals surface area contributed by atoms with Crippen LogP contribution in [0, 0.1) is 20.8 Å². The van der Waals surface area contributed by atoms with Gasteiger partial charge in [0.1, 0.15) is 12.1 Å². The molecule has 0 saturated carbocycles. The predicted molar refractivity (Wildman–Crippen MR) is 102 cm³/mol. The minimum absolute atomic E-state index is 0.272. The van der Waals surface area contributed by atoms with E-state index in [4.69, 9.17) is 0 Å². The summed E-state index contributed by atoms with van der Waals surface area (Å²) in [4.78, 5) is 10.7. The zero-order chi connectivity index (χ0) is 18.0. The van der Waals surface area contributed by atoms with Crippen molar-refractivity contribution in [2.24, 2.45) is 0 Å². The second-order valence-corrected chi connectivity index (χ2v) is 8.99. The molecule has 0 unspecified atom stereocenters. The molecule has 0 fully saturated rings. The summed E-state index contributed by atoms with van der Waals surface area (Å²) in [6, 6.07) is 7.61. The van der Waals surface area contributed by atoms with E-state index in [0.717, 1.165) is 26.2 Å². The average molecular weight is 377 g/mol. The van der Waals surface area contributed by atoms with E-state index >= 15 is 0 Å². The molecule has 0 radical (unpaired) electrons. The van der Waals surface area contributed by atoms with Crippen LogP contribution in [0.1, 0.15) is 15.3 Å². The van der Waals surface area contributed by atoms with Crippen molar-refractivity contribution in [3.05, 3.63) is 45.9 Å².